The first kappa shape index (κ1) is 17.0. The van der Waals surface area contributed by atoms with E-state index >= 15 is 0 Å². The zero-order valence-electron chi connectivity index (χ0n) is 12.9. The predicted molar refractivity (Wildman–Crippen MR) is 87.6 cm³/mol. The summed E-state index contributed by atoms with van der Waals surface area (Å²) in [6.45, 7) is 11.0. The molecule has 5 heteroatoms. The zero-order chi connectivity index (χ0) is 15.0. The SMILES string of the molecule is CCNC(=NCC(C)(C)c1cccs1)NCC(C)CO. The molecule has 1 rings (SSSR count). The number of rotatable bonds is 7. The molecule has 0 aliphatic rings. The molecule has 0 fully saturated rings. The van der Waals surface area contributed by atoms with Crippen molar-refractivity contribution in [1.29, 1.82) is 0 Å². The van der Waals surface area contributed by atoms with Crippen molar-refractivity contribution in [1.82, 2.24) is 10.6 Å². The van der Waals surface area contributed by atoms with E-state index in [0.717, 1.165) is 25.6 Å². The van der Waals surface area contributed by atoms with Crippen molar-refractivity contribution in [2.24, 2.45) is 10.9 Å². The lowest BCUT2D eigenvalue weighted by Crippen LogP contribution is -2.40. The van der Waals surface area contributed by atoms with Crippen LogP contribution < -0.4 is 10.6 Å². The highest BCUT2D eigenvalue weighted by atomic mass is 32.1. The van der Waals surface area contributed by atoms with Gasteiger partial charge in [-0.15, -0.1) is 11.3 Å². The molecule has 0 aromatic carbocycles. The number of aliphatic imine (C=N–C) groups is 1. The quantitative estimate of drug-likeness (QED) is 0.534. The van der Waals surface area contributed by atoms with Crippen LogP contribution in [0.15, 0.2) is 22.5 Å². The maximum atomic E-state index is 9.06. The molecule has 3 N–H and O–H groups in total. The molecule has 1 unspecified atom stereocenters. The lowest BCUT2D eigenvalue weighted by Gasteiger charge is -2.22. The molecule has 4 nitrogen and oxygen atoms in total. The number of nitrogens with zero attached hydrogens (tertiary/aromatic N) is 1. The Balaban J connectivity index is 2.62. The van der Waals surface area contributed by atoms with E-state index < -0.39 is 0 Å². The Morgan fingerprint density at radius 3 is 2.75 bits per heavy atom. The van der Waals surface area contributed by atoms with Crippen LogP contribution in [0.2, 0.25) is 0 Å². The van der Waals surface area contributed by atoms with E-state index in [4.69, 9.17) is 5.11 Å². The predicted octanol–water partition coefficient (Wildman–Crippen LogP) is 2.21. The highest BCUT2D eigenvalue weighted by Crippen LogP contribution is 2.27. The Labute approximate surface area is 126 Å². The van der Waals surface area contributed by atoms with E-state index in [2.05, 4.69) is 53.9 Å². The molecule has 0 amide bonds. The molecule has 0 radical (unpaired) electrons. The van der Waals surface area contributed by atoms with Gasteiger partial charge in [-0.05, 0) is 24.3 Å². The fourth-order valence-corrected chi connectivity index (χ4v) is 2.54. The van der Waals surface area contributed by atoms with Crippen molar-refractivity contribution in [3.05, 3.63) is 22.4 Å². The third kappa shape index (κ3) is 5.51. The Morgan fingerprint density at radius 2 is 2.20 bits per heavy atom. The molecule has 1 atom stereocenters. The van der Waals surface area contributed by atoms with Gasteiger partial charge in [-0.25, -0.2) is 0 Å². The normalized spacial score (nSPS) is 14.2. The van der Waals surface area contributed by atoms with Crippen LogP contribution in [0.1, 0.15) is 32.6 Å². The van der Waals surface area contributed by atoms with Gasteiger partial charge in [0.05, 0.1) is 6.54 Å². The highest BCUT2D eigenvalue weighted by molar-refractivity contribution is 7.10. The Morgan fingerprint density at radius 1 is 1.45 bits per heavy atom. The molecular formula is C15H27N3OS. The van der Waals surface area contributed by atoms with Gasteiger partial charge in [0.15, 0.2) is 5.96 Å². The molecule has 1 heterocycles. The van der Waals surface area contributed by atoms with Crippen molar-refractivity contribution < 1.29 is 5.11 Å². The Kier molecular flexibility index (Phi) is 7.02. The highest BCUT2D eigenvalue weighted by Gasteiger charge is 2.21. The van der Waals surface area contributed by atoms with Gasteiger partial charge in [0.25, 0.3) is 0 Å². The molecule has 0 aliphatic heterocycles. The molecule has 1 aromatic heterocycles. The zero-order valence-corrected chi connectivity index (χ0v) is 13.8. The van der Waals surface area contributed by atoms with E-state index in [0.29, 0.717) is 0 Å². The van der Waals surface area contributed by atoms with Gasteiger partial charge < -0.3 is 15.7 Å². The van der Waals surface area contributed by atoms with Crippen LogP contribution in [-0.4, -0.2) is 37.3 Å². The number of aliphatic hydroxyl groups is 1. The summed E-state index contributed by atoms with van der Waals surface area (Å²) < 4.78 is 0. The molecule has 114 valence electrons. The topological polar surface area (TPSA) is 56.7 Å². The standard InChI is InChI=1S/C15H27N3OS/c1-5-16-14(17-9-12(2)10-19)18-11-15(3,4)13-7-6-8-20-13/h6-8,12,19H,5,9-11H2,1-4H3,(H2,16,17,18). The van der Waals surface area contributed by atoms with Gasteiger partial charge in [0.1, 0.15) is 0 Å². The van der Waals surface area contributed by atoms with Crippen LogP contribution in [-0.2, 0) is 5.41 Å². The molecule has 0 aliphatic carbocycles. The molecule has 0 spiro atoms. The van der Waals surface area contributed by atoms with Crippen LogP contribution in [0.25, 0.3) is 0 Å². The second-order valence-electron chi connectivity index (χ2n) is 5.72. The van der Waals surface area contributed by atoms with Crippen LogP contribution >= 0.6 is 11.3 Å². The van der Waals surface area contributed by atoms with Gasteiger partial charge in [0.2, 0.25) is 0 Å². The average Bonchev–Trinajstić information content (AvgIpc) is 2.96. The first-order chi connectivity index (χ1) is 9.49. The smallest absolute Gasteiger partial charge is 0.191 e. The minimum atomic E-state index is 0.0408. The monoisotopic (exact) mass is 297 g/mol. The summed E-state index contributed by atoms with van der Waals surface area (Å²) in [6, 6.07) is 4.24. The molecule has 0 saturated heterocycles. The van der Waals surface area contributed by atoms with Crippen LogP contribution in [0.3, 0.4) is 0 Å². The third-order valence-electron chi connectivity index (χ3n) is 3.09. The van der Waals surface area contributed by atoms with E-state index in [1.54, 1.807) is 11.3 Å². The lowest BCUT2D eigenvalue weighted by atomic mass is 9.92. The summed E-state index contributed by atoms with van der Waals surface area (Å²) in [7, 11) is 0. The summed E-state index contributed by atoms with van der Waals surface area (Å²) in [5.74, 6) is 1.04. The van der Waals surface area contributed by atoms with Crippen molar-refractivity contribution in [2.75, 3.05) is 26.2 Å². The first-order valence-corrected chi connectivity index (χ1v) is 8.04. The van der Waals surface area contributed by atoms with Crippen molar-refractivity contribution in [2.45, 2.75) is 33.1 Å². The Hall–Kier alpha value is -1.07. The number of nitrogens with one attached hydrogen (secondary N) is 2. The summed E-state index contributed by atoms with van der Waals surface area (Å²) in [4.78, 5) is 6.01. The van der Waals surface area contributed by atoms with Crippen LogP contribution in [0.5, 0.6) is 0 Å². The molecular weight excluding hydrogens is 270 g/mol. The number of guanidine groups is 1. The van der Waals surface area contributed by atoms with Crippen molar-refractivity contribution >= 4 is 17.3 Å². The summed E-state index contributed by atoms with van der Waals surface area (Å²) >= 11 is 1.77. The molecule has 20 heavy (non-hydrogen) atoms. The largest absolute Gasteiger partial charge is 0.396 e. The van der Waals surface area contributed by atoms with E-state index in [-0.39, 0.29) is 17.9 Å². The minimum absolute atomic E-state index is 0.0408. The van der Waals surface area contributed by atoms with Gasteiger partial charge >= 0.3 is 0 Å². The van der Waals surface area contributed by atoms with Gasteiger partial charge in [-0.1, -0.05) is 26.8 Å². The van der Waals surface area contributed by atoms with Gasteiger partial charge in [0, 0.05) is 30.0 Å². The maximum Gasteiger partial charge on any atom is 0.191 e. The number of aliphatic hydroxyl groups excluding tert-OH is 1. The van der Waals surface area contributed by atoms with Crippen LogP contribution in [0.4, 0.5) is 0 Å². The molecule has 0 bridgehead atoms. The molecule has 1 aromatic rings. The van der Waals surface area contributed by atoms with Crippen molar-refractivity contribution in [3.8, 4) is 0 Å². The Bertz CT molecular complexity index is 401. The van der Waals surface area contributed by atoms with E-state index in [1.807, 2.05) is 6.92 Å². The lowest BCUT2D eigenvalue weighted by molar-refractivity contribution is 0.238. The summed E-state index contributed by atoms with van der Waals surface area (Å²) in [6.07, 6.45) is 0. The second-order valence-corrected chi connectivity index (χ2v) is 6.67. The van der Waals surface area contributed by atoms with Gasteiger partial charge in [-0.3, -0.25) is 4.99 Å². The summed E-state index contributed by atoms with van der Waals surface area (Å²) in [5, 5.41) is 17.7. The minimum Gasteiger partial charge on any atom is -0.396 e. The fourth-order valence-electron chi connectivity index (χ4n) is 1.70. The number of hydrogen-bond donors (Lipinski definition) is 3. The second kappa shape index (κ2) is 8.27. The summed E-state index contributed by atoms with van der Waals surface area (Å²) in [5.41, 5.74) is 0.0408. The molecule has 0 saturated carbocycles. The van der Waals surface area contributed by atoms with E-state index in [9.17, 15) is 0 Å². The number of hydrogen-bond acceptors (Lipinski definition) is 3. The third-order valence-corrected chi connectivity index (χ3v) is 4.33. The maximum absolute atomic E-state index is 9.06. The average molecular weight is 297 g/mol. The number of thiophene rings is 1. The van der Waals surface area contributed by atoms with Crippen LogP contribution in [0, 0.1) is 5.92 Å². The first-order valence-electron chi connectivity index (χ1n) is 7.16. The van der Waals surface area contributed by atoms with Crippen molar-refractivity contribution in [3.63, 3.8) is 0 Å². The fraction of sp³-hybridized carbons (Fsp3) is 0.667. The van der Waals surface area contributed by atoms with E-state index in [1.165, 1.54) is 4.88 Å². The van der Waals surface area contributed by atoms with Gasteiger partial charge in [-0.2, -0.15) is 0 Å².